The molecular weight excluding hydrogens is 268 g/mol. The minimum atomic E-state index is -0.151. The van der Waals surface area contributed by atoms with Crippen molar-refractivity contribution in [3.05, 3.63) is 11.1 Å². The highest BCUT2D eigenvalue weighted by atomic mass is 79.9. The number of amides is 2. The maximum atomic E-state index is 11.3. The van der Waals surface area contributed by atoms with Crippen molar-refractivity contribution in [2.75, 3.05) is 24.7 Å². The van der Waals surface area contributed by atoms with Gasteiger partial charge in [-0.25, -0.2) is 0 Å². The Labute approximate surface area is 95.2 Å². The Hall–Kier alpha value is -0.490. The summed E-state index contributed by atoms with van der Waals surface area (Å²) in [5, 5.41) is 2.64. The van der Waals surface area contributed by atoms with E-state index in [1.807, 2.05) is 0 Å². The highest BCUT2D eigenvalue weighted by Crippen LogP contribution is 2.13. The summed E-state index contributed by atoms with van der Waals surface area (Å²) in [4.78, 5) is 24.0. The van der Waals surface area contributed by atoms with Crippen molar-refractivity contribution < 1.29 is 9.59 Å². The highest BCUT2D eigenvalue weighted by Gasteiger charge is 2.22. The fraction of sp³-hybridized carbons (Fsp3) is 0.500. The predicted molar refractivity (Wildman–Crippen MR) is 60.1 cm³/mol. The molecule has 78 valence electrons. The van der Waals surface area contributed by atoms with E-state index in [1.54, 1.807) is 0 Å². The van der Waals surface area contributed by atoms with E-state index in [-0.39, 0.29) is 18.4 Å². The van der Waals surface area contributed by atoms with E-state index in [4.69, 9.17) is 0 Å². The van der Waals surface area contributed by atoms with Gasteiger partial charge in [0.2, 0.25) is 11.8 Å². The molecule has 0 unspecified atom stereocenters. The minimum Gasteiger partial charge on any atom is -0.350 e. The Balaban J connectivity index is 2.26. The normalized spacial score (nSPS) is 15.8. The molecule has 0 radical (unpaired) electrons. The molecule has 14 heavy (non-hydrogen) atoms. The summed E-state index contributed by atoms with van der Waals surface area (Å²) in [6.07, 6.45) is 0. The Bertz CT molecular complexity index is 270. The Morgan fingerprint density at radius 3 is 2.93 bits per heavy atom. The summed E-state index contributed by atoms with van der Waals surface area (Å²) >= 11 is 4.66. The third-order valence-electron chi connectivity index (χ3n) is 1.64. The molecule has 0 aromatic rings. The molecule has 1 aliphatic heterocycles. The first-order valence-electron chi connectivity index (χ1n) is 4.05. The number of carbonyl (C=O) groups is 2. The first kappa shape index (κ1) is 11.6. The van der Waals surface area contributed by atoms with E-state index in [1.165, 1.54) is 16.7 Å². The average molecular weight is 279 g/mol. The zero-order valence-corrected chi connectivity index (χ0v) is 9.99. The van der Waals surface area contributed by atoms with E-state index < -0.39 is 0 Å². The predicted octanol–water partition coefficient (Wildman–Crippen LogP) is 0.544. The smallest absolute Gasteiger partial charge is 0.239 e. The van der Waals surface area contributed by atoms with Crippen LogP contribution in [0.1, 0.15) is 0 Å². The first-order chi connectivity index (χ1) is 6.59. The lowest BCUT2D eigenvalue weighted by Gasteiger charge is -2.13. The fourth-order valence-corrected chi connectivity index (χ4v) is 2.01. The second-order valence-electron chi connectivity index (χ2n) is 2.86. The first-order valence-corrected chi connectivity index (χ1v) is 6.00. The van der Waals surface area contributed by atoms with Gasteiger partial charge in [0.25, 0.3) is 0 Å². The number of rotatable bonds is 4. The van der Waals surface area contributed by atoms with Crippen molar-refractivity contribution in [3.63, 3.8) is 0 Å². The molecule has 1 heterocycles. The van der Waals surface area contributed by atoms with E-state index in [9.17, 15) is 9.59 Å². The molecular formula is C8H11BrN2O2S. The van der Waals surface area contributed by atoms with Crippen molar-refractivity contribution in [2.24, 2.45) is 0 Å². The highest BCUT2D eigenvalue weighted by molar-refractivity contribution is 9.11. The van der Waals surface area contributed by atoms with E-state index in [2.05, 4.69) is 27.8 Å². The van der Waals surface area contributed by atoms with Crippen LogP contribution < -0.4 is 5.32 Å². The van der Waals surface area contributed by atoms with Gasteiger partial charge in [0.05, 0.1) is 11.6 Å². The lowest BCUT2D eigenvalue weighted by molar-refractivity contribution is -0.132. The molecule has 1 rings (SSSR count). The van der Waals surface area contributed by atoms with E-state index in [0.717, 1.165) is 0 Å². The van der Waals surface area contributed by atoms with Gasteiger partial charge in [-0.15, -0.1) is 11.8 Å². The van der Waals surface area contributed by atoms with Gasteiger partial charge in [-0.05, 0) is 0 Å². The molecule has 4 nitrogen and oxygen atoms in total. The van der Waals surface area contributed by atoms with Gasteiger partial charge >= 0.3 is 0 Å². The molecule has 0 aromatic heterocycles. The van der Waals surface area contributed by atoms with Crippen LogP contribution >= 0.6 is 27.7 Å². The van der Waals surface area contributed by atoms with Gasteiger partial charge < -0.3 is 10.2 Å². The van der Waals surface area contributed by atoms with Crippen LogP contribution in [-0.4, -0.2) is 41.4 Å². The van der Waals surface area contributed by atoms with Crippen molar-refractivity contribution in [1.82, 2.24) is 10.2 Å². The molecule has 0 aliphatic carbocycles. The summed E-state index contributed by atoms with van der Waals surface area (Å²) in [7, 11) is 0. The lowest BCUT2D eigenvalue weighted by Crippen LogP contribution is -2.38. The molecule has 0 saturated carbocycles. The third-order valence-corrected chi connectivity index (χ3v) is 2.86. The van der Waals surface area contributed by atoms with Crippen LogP contribution in [0.15, 0.2) is 11.1 Å². The number of halogens is 1. The Morgan fingerprint density at radius 2 is 2.43 bits per heavy atom. The summed E-state index contributed by atoms with van der Waals surface area (Å²) in [5.41, 5.74) is 0. The fourth-order valence-electron chi connectivity index (χ4n) is 0.964. The molecule has 0 bridgehead atoms. The zero-order chi connectivity index (χ0) is 10.6. The number of carbonyl (C=O) groups excluding carboxylic acids is 2. The lowest BCUT2D eigenvalue weighted by atomic mass is 10.4. The summed E-state index contributed by atoms with van der Waals surface area (Å²) in [5.74, 6) is 0.976. The second kappa shape index (κ2) is 5.41. The van der Waals surface area contributed by atoms with Crippen molar-refractivity contribution in [3.8, 4) is 0 Å². The summed E-state index contributed by atoms with van der Waals surface area (Å²) < 4.78 is 0.716. The number of thioether (sulfide) groups is 1. The molecule has 1 aliphatic rings. The quantitative estimate of drug-likeness (QED) is 0.817. The molecule has 6 heteroatoms. The molecule has 0 aromatic carbocycles. The molecule has 1 N–H and O–H groups in total. The van der Waals surface area contributed by atoms with Gasteiger partial charge in [0, 0.05) is 11.0 Å². The molecule has 1 saturated heterocycles. The number of nitrogens with zero attached hydrogens (tertiary/aromatic N) is 1. The van der Waals surface area contributed by atoms with Gasteiger partial charge in [0.1, 0.15) is 6.54 Å². The monoisotopic (exact) mass is 278 g/mol. The van der Waals surface area contributed by atoms with Crippen LogP contribution in [-0.2, 0) is 9.59 Å². The van der Waals surface area contributed by atoms with Crippen LogP contribution in [0.2, 0.25) is 0 Å². The van der Waals surface area contributed by atoms with E-state index >= 15 is 0 Å². The van der Waals surface area contributed by atoms with E-state index in [0.29, 0.717) is 22.7 Å². The molecule has 1 fully saturated rings. The average Bonchev–Trinajstić information content (AvgIpc) is 2.49. The largest absolute Gasteiger partial charge is 0.350 e. The SMILES string of the molecule is C=C(Br)CNC(=O)CN1CSCC1=O. The maximum absolute atomic E-state index is 11.3. The van der Waals surface area contributed by atoms with Gasteiger partial charge in [-0.1, -0.05) is 22.5 Å². The van der Waals surface area contributed by atoms with Crippen LogP contribution in [0.5, 0.6) is 0 Å². The van der Waals surface area contributed by atoms with Crippen molar-refractivity contribution in [2.45, 2.75) is 0 Å². The zero-order valence-electron chi connectivity index (χ0n) is 7.59. The molecule has 0 atom stereocenters. The summed E-state index contributed by atoms with van der Waals surface area (Å²) in [6.45, 7) is 4.13. The summed E-state index contributed by atoms with van der Waals surface area (Å²) in [6, 6.07) is 0. The van der Waals surface area contributed by atoms with Crippen molar-refractivity contribution >= 4 is 39.5 Å². The second-order valence-corrected chi connectivity index (χ2v) is 4.94. The van der Waals surface area contributed by atoms with Crippen molar-refractivity contribution in [1.29, 1.82) is 0 Å². The van der Waals surface area contributed by atoms with Gasteiger partial charge in [-0.2, -0.15) is 0 Å². The number of hydrogen-bond donors (Lipinski definition) is 1. The Morgan fingerprint density at radius 1 is 1.71 bits per heavy atom. The van der Waals surface area contributed by atoms with Crippen LogP contribution in [0.4, 0.5) is 0 Å². The standard InChI is InChI=1S/C8H11BrN2O2S/c1-6(9)2-10-7(12)3-11-5-14-4-8(11)13/h1-5H2,(H,10,12). The number of nitrogens with one attached hydrogen (secondary N) is 1. The number of hydrogen-bond acceptors (Lipinski definition) is 3. The van der Waals surface area contributed by atoms with Crippen LogP contribution in [0.25, 0.3) is 0 Å². The minimum absolute atomic E-state index is 0.0304. The van der Waals surface area contributed by atoms with Crippen LogP contribution in [0, 0.1) is 0 Å². The topological polar surface area (TPSA) is 49.4 Å². The third kappa shape index (κ3) is 3.71. The Kier molecular flexibility index (Phi) is 4.47. The van der Waals surface area contributed by atoms with Gasteiger partial charge in [0.15, 0.2) is 0 Å². The molecule has 0 spiro atoms. The van der Waals surface area contributed by atoms with Gasteiger partial charge in [-0.3, -0.25) is 9.59 Å². The van der Waals surface area contributed by atoms with Crippen LogP contribution in [0.3, 0.4) is 0 Å². The molecule has 2 amide bonds. The maximum Gasteiger partial charge on any atom is 0.239 e.